The van der Waals surface area contributed by atoms with Gasteiger partial charge in [0.15, 0.2) is 0 Å². The van der Waals surface area contributed by atoms with E-state index >= 15 is 4.39 Å². The van der Waals surface area contributed by atoms with Gasteiger partial charge >= 0.3 is 0 Å². The van der Waals surface area contributed by atoms with Gasteiger partial charge in [0.1, 0.15) is 5.67 Å². The molecule has 2 fully saturated rings. The van der Waals surface area contributed by atoms with E-state index < -0.39 is 5.67 Å². The van der Waals surface area contributed by atoms with Crippen molar-refractivity contribution in [1.82, 2.24) is 0 Å². The number of rotatable bonds is 1. The molecule has 0 aliphatic heterocycles. The van der Waals surface area contributed by atoms with Gasteiger partial charge in [-0.3, -0.25) is 0 Å². The van der Waals surface area contributed by atoms with E-state index in [9.17, 15) is 0 Å². The Morgan fingerprint density at radius 3 is 2.20 bits per heavy atom. The highest BCUT2D eigenvalue weighted by Crippen LogP contribution is 2.53. The molecule has 0 aromatic carbocycles. The minimum Gasteiger partial charge on any atom is -0.243 e. The predicted octanol–water partition coefficient (Wildman–Crippen LogP) is 5.90. The van der Waals surface area contributed by atoms with Crippen LogP contribution in [-0.2, 0) is 0 Å². The SMILES string of the molecule is C#CC1CCC(C)CC(F)(C2(C)CCCCCCC2)C1. The number of terminal acetylenes is 1. The molecule has 0 spiro atoms. The fourth-order valence-electron chi connectivity index (χ4n) is 4.48. The van der Waals surface area contributed by atoms with Crippen molar-refractivity contribution in [3.8, 4) is 12.3 Å². The summed E-state index contributed by atoms with van der Waals surface area (Å²) in [4.78, 5) is 0. The van der Waals surface area contributed by atoms with Crippen molar-refractivity contribution in [2.24, 2.45) is 17.3 Å². The molecular formula is C19H31F. The first-order valence-corrected chi connectivity index (χ1v) is 8.64. The molecule has 0 saturated heterocycles. The molecule has 1 heteroatoms. The summed E-state index contributed by atoms with van der Waals surface area (Å²) in [7, 11) is 0. The first kappa shape index (κ1) is 15.9. The van der Waals surface area contributed by atoms with Crippen molar-refractivity contribution in [3.05, 3.63) is 0 Å². The molecule has 0 bridgehead atoms. The molecule has 2 saturated carbocycles. The Labute approximate surface area is 124 Å². The largest absolute Gasteiger partial charge is 0.243 e. The smallest absolute Gasteiger partial charge is 0.117 e. The van der Waals surface area contributed by atoms with Gasteiger partial charge in [-0.15, -0.1) is 12.3 Å². The van der Waals surface area contributed by atoms with Crippen LogP contribution in [0.1, 0.15) is 84.5 Å². The zero-order valence-electron chi connectivity index (χ0n) is 13.4. The average Bonchev–Trinajstić information content (AvgIpc) is 2.53. The molecule has 2 aliphatic rings. The zero-order valence-corrected chi connectivity index (χ0v) is 13.4. The number of hydrogen-bond acceptors (Lipinski definition) is 0. The normalized spacial score (nSPS) is 39.1. The summed E-state index contributed by atoms with van der Waals surface area (Å²) in [6, 6.07) is 0. The Morgan fingerprint density at radius 1 is 1.00 bits per heavy atom. The van der Waals surface area contributed by atoms with Crippen LogP contribution in [0.15, 0.2) is 0 Å². The minimum atomic E-state index is -1.04. The van der Waals surface area contributed by atoms with E-state index in [1.165, 1.54) is 32.1 Å². The molecule has 0 amide bonds. The van der Waals surface area contributed by atoms with Crippen LogP contribution in [0.2, 0.25) is 0 Å². The summed E-state index contributed by atoms with van der Waals surface area (Å²) in [5.41, 5.74) is -1.20. The van der Waals surface area contributed by atoms with Gasteiger partial charge in [-0.1, -0.05) is 46.0 Å². The first-order chi connectivity index (χ1) is 9.49. The lowest BCUT2D eigenvalue weighted by atomic mass is 9.63. The second-order valence-corrected chi connectivity index (χ2v) is 7.75. The maximum Gasteiger partial charge on any atom is 0.117 e. The summed E-state index contributed by atoms with van der Waals surface area (Å²) in [5, 5.41) is 0. The summed E-state index contributed by atoms with van der Waals surface area (Å²) in [5.74, 6) is 3.48. The van der Waals surface area contributed by atoms with Gasteiger partial charge in [-0.25, -0.2) is 4.39 Å². The van der Waals surface area contributed by atoms with Crippen LogP contribution >= 0.6 is 0 Å². The number of hydrogen-bond donors (Lipinski definition) is 0. The summed E-state index contributed by atoms with van der Waals surface area (Å²) in [6.45, 7) is 4.42. The van der Waals surface area contributed by atoms with Gasteiger partial charge < -0.3 is 0 Å². The van der Waals surface area contributed by atoms with Crippen LogP contribution in [0, 0.1) is 29.6 Å². The highest BCUT2D eigenvalue weighted by Gasteiger charge is 2.50. The van der Waals surface area contributed by atoms with E-state index in [0.29, 0.717) is 12.3 Å². The number of halogens is 1. The highest BCUT2D eigenvalue weighted by atomic mass is 19.1. The molecule has 0 nitrogen and oxygen atoms in total. The van der Waals surface area contributed by atoms with Gasteiger partial charge in [0.2, 0.25) is 0 Å². The molecule has 20 heavy (non-hydrogen) atoms. The second-order valence-electron chi connectivity index (χ2n) is 7.75. The van der Waals surface area contributed by atoms with Crippen LogP contribution in [0.3, 0.4) is 0 Å². The van der Waals surface area contributed by atoms with Crippen LogP contribution in [0.5, 0.6) is 0 Å². The molecule has 2 rings (SSSR count). The van der Waals surface area contributed by atoms with Gasteiger partial charge in [-0.2, -0.15) is 0 Å². The quantitative estimate of drug-likeness (QED) is 0.413. The number of alkyl halides is 1. The van der Waals surface area contributed by atoms with E-state index in [4.69, 9.17) is 6.42 Å². The van der Waals surface area contributed by atoms with Gasteiger partial charge in [-0.05, 0) is 44.4 Å². The Bertz CT molecular complexity index is 345. The van der Waals surface area contributed by atoms with Gasteiger partial charge in [0, 0.05) is 11.3 Å². The Kier molecular flexibility index (Phi) is 5.16. The maximum absolute atomic E-state index is 16.0. The van der Waals surface area contributed by atoms with Crippen LogP contribution < -0.4 is 0 Å². The summed E-state index contributed by atoms with van der Waals surface area (Å²) in [6.07, 6.45) is 17.5. The topological polar surface area (TPSA) is 0 Å². The summed E-state index contributed by atoms with van der Waals surface area (Å²) >= 11 is 0. The maximum atomic E-state index is 16.0. The fourth-order valence-corrected chi connectivity index (χ4v) is 4.48. The molecule has 114 valence electrons. The lowest BCUT2D eigenvalue weighted by Gasteiger charge is -2.45. The Hall–Kier alpha value is -0.510. The highest BCUT2D eigenvalue weighted by molar-refractivity contribution is 5.06. The average molecular weight is 278 g/mol. The zero-order chi connectivity index (χ0) is 14.6. The molecule has 0 aromatic rings. The van der Waals surface area contributed by atoms with Crippen LogP contribution in [0.25, 0.3) is 0 Å². The third kappa shape index (κ3) is 3.38. The molecule has 2 aliphatic carbocycles. The van der Waals surface area contributed by atoms with Crippen LogP contribution in [-0.4, -0.2) is 5.67 Å². The van der Waals surface area contributed by atoms with Crippen molar-refractivity contribution < 1.29 is 4.39 Å². The standard InChI is InChI=1S/C19H31F/c1-4-17-11-10-16(2)14-19(20,15-17)18(3)12-8-6-5-7-9-13-18/h1,16-17H,5-15H2,2-3H3. The van der Waals surface area contributed by atoms with E-state index in [1.54, 1.807) is 0 Å². The summed E-state index contributed by atoms with van der Waals surface area (Å²) < 4.78 is 16.0. The van der Waals surface area contributed by atoms with Crippen molar-refractivity contribution in [2.45, 2.75) is 90.1 Å². The predicted molar refractivity (Wildman–Crippen MR) is 84.2 cm³/mol. The van der Waals surface area contributed by atoms with Crippen molar-refractivity contribution in [1.29, 1.82) is 0 Å². The van der Waals surface area contributed by atoms with Crippen molar-refractivity contribution >= 4 is 0 Å². The van der Waals surface area contributed by atoms with Crippen molar-refractivity contribution in [2.75, 3.05) is 0 Å². The molecular weight excluding hydrogens is 247 g/mol. The van der Waals surface area contributed by atoms with E-state index in [2.05, 4.69) is 19.8 Å². The first-order valence-electron chi connectivity index (χ1n) is 8.64. The van der Waals surface area contributed by atoms with Crippen LogP contribution in [0.4, 0.5) is 4.39 Å². The minimum absolute atomic E-state index is 0.146. The fraction of sp³-hybridized carbons (Fsp3) is 0.895. The van der Waals surface area contributed by atoms with Crippen molar-refractivity contribution in [3.63, 3.8) is 0 Å². The van der Waals surface area contributed by atoms with Gasteiger partial charge in [0.05, 0.1) is 0 Å². The molecule has 0 N–H and O–H groups in total. The Morgan fingerprint density at radius 2 is 1.60 bits per heavy atom. The lowest BCUT2D eigenvalue weighted by molar-refractivity contribution is -0.0407. The second kappa shape index (κ2) is 6.50. The monoisotopic (exact) mass is 278 g/mol. The van der Waals surface area contributed by atoms with E-state index in [-0.39, 0.29) is 11.3 Å². The molecule has 0 heterocycles. The molecule has 0 radical (unpaired) electrons. The third-order valence-electron chi connectivity index (χ3n) is 6.02. The third-order valence-corrected chi connectivity index (χ3v) is 6.02. The Balaban J connectivity index is 2.21. The lowest BCUT2D eigenvalue weighted by Crippen LogP contribution is -2.44. The molecule has 0 aromatic heterocycles. The van der Waals surface area contributed by atoms with E-state index in [1.807, 2.05) is 0 Å². The van der Waals surface area contributed by atoms with Gasteiger partial charge in [0.25, 0.3) is 0 Å². The molecule has 3 unspecified atom stereocenters. The molecule has 3 atom stereocenters. The van der Waals surface area contributed by atoms with E-state index in [0.717, 1.165) is 32.1 Å².